The van der Waals surface area contributed by atoms with E-state index in [2.05, 4.69) is 10.3 Å². The second kappa shape index (κ2) is 9.19. The number of aliphatic hydroxyl groups is 1. The van der Waals surface area contributed by atoms with Crippen LogP contribution in [0.2, 0.25) is 0 Å². The lowest BCUT2D eigenvalue weighted by atomic mass is 10.00. The van der Waals surface area contributed by atoms with Crippen molar-refractivity contribution in [2.75, 3.05) is 20.3 Å². The highest BCUT2D eigenvalue weighted by atomic mass is 79.9. The number of hydrogen-bond donors (Lipinski definition) is 3. The molecule has 0 saturated heterocycles. The SMILES string of the molecule is Br.COc1ccccc1CN=C(N)NCC1(CO)CC1c1ccc(F)cc1. The number of benzene rings is 2. The van der Waals surface area contributed by atoms with E-state index in [1.54, 1.807) is 19.2 Å². The number of rotatable bonds is 7. The molecule has 2 aromatic rings. The quantitative estimate of drug-likeness (QED) is 0.459. The first-order valence-electron chi connectivity index (χ1n) is 8.60. The Labute approximate surface area is 169 Å². The van der Waals surface area contributed by atoms with Crippen molar-refractivity contribution in [2.24, 2.45) is 16.1 Å². The van der Waals surface area contributed by atoms with Crippen LogP contribution in [0.4, 0.5) is 4.39 Å². The first kappa shape index (κ1) is 21.2. The normalized spacial score (nSPS) is 21.3. The molecule has 146 valence electrons. The van der Waals surface area contributed by atoms with Gasteiger partial charge in [-0.1, -0.05) is 30.3 Å². The van der Waals surface area contributed by atoms with Crippen LogP contribution in [0.5, 0.6) is 5.75 Å². The monoisotopic (exact) mass is 437 g/mol. The van der Waals surface area contributed by atoms with Crippen molar-refractivity contribution in [1.82, 2.24) is 5.32 Å². The van der Waals surface area contributed by atoms with Gasteiger partial charge in [0.1, 0.15) is 11.6 Å². The number of nitrogens with zero attached hydrogens (tertiary/aromatic N) is 1. The van der Waals surface area contributed by atoms with Crippen LogP contribution in [0.1, 0.15) is 23.5 Å². The molecule has 7 heteroatoms. The zero-order chi connectivity index (χ0) is 18.6. The molecule has 2 aromatic carbocycles. The van der Waals surface area contributed by atoms with Crippen LogP contribution in [0.25, 0.3) is 0 Å². The molecule has 0 aliphatic heterocycles. The minimum absolute atomic E-state index is 0. The average molecular weight is 438 g/mol. The van der Waals surface area contributed by atoms with E-state index in [1.807, 2.05) is 24.3 Å². The number of hydrogen-bond acceptors (Lipinski definition) is 3. The minimum atomic E-state index is -0.275. The number of nitrogens with one attached hydrogen (secondary N) is 1. The molecular formula is C20H25BrFN3O2. The fourth-order valence-corrected chi connectivity index (χ4v) is 3.27. The Bertz CT molecular complexity index is 785. The van der Waals surface area contributed by atoms with Gasteiger partial charge < -0.3 is 20.9 Å². The van der Waals surface area contributed by atoms with Gasteiger partial charge in [0.25, 0.3) is 0 Å². The Hall–Kier alpha value is -2.12. The fourth-order valence-electron chi connectivity index (χ4n) is 3.27. The molecule has 3 rings (SSSR count). The van der Waals surface area contributed by atoms with Gasteiger partial charge in [-0.15, -0.1) is 17.0 Å². The molecule has 4 N–H and O–H groups in total. The van der Waals surface area contributed by atoms with Gasteiger partial charge in [-0.3, -0.25) is 0 Å². The number of halogens is 2. The Morgan fingerprint density at radius 3 is 2.67 bits per heavy atom. The van der Waals surface area contributed by atoms with E-state index in [-0.39, 0.29) is 40.7 Å². The van der Waals surface area contributed by atoms with Crippen LogP contribution in [0, 0.1) is 11.2 Å². The number of para-hydroxylation sites is 1. The molecule has 0 aromatic heterocycles. The highest BCUT2D eigenvalue weighted by molar-refractivity contribution is 8.93. The van der Waals surface area contributed by atoms with Crippen molar-refractivity contribution in [3.63, 3.8) is 0 Å². The van der Waals surface area contributed by atoms with Crippen LogP contribution in [0.15, 0.2) is 53.5 Å². The molecule has 1 aliphatic carbocycles. The van der Waals surface area contributed by atoms with Crippen LogP contribution in [0.3, 0.4) is 0 Å². The van der Waals surface area contributed by atoms with E-state index in [0.29, 0.717) is 19.0 Å². The Kier molecular flexibility index (Phi) is 7.21. The lowest BCUT2D eigenvalue weighted by molar-refractivity contribution is 0.207. The second-order valence-corrected chi connectivity index (χ2v) is 6.70. The minimum Gasteiger partial charge on any atom is -0.496 e. The van der Waals surface area contributed by atoms with Gasteiger partial charge in [-0.25, -0.2) is 9.38 Å². The summed E-state index contributed by atoms with van der Waals surface area (Å²) in [5, 5.41) is 12.9. The van der Waals surface area contributed by atoms with Crippen LogP contribution in [-0.2, 0) is 6.54 Å². The molecule has 2 unspecified atom stereocenters. The van der Waals surface area contributed by atoms with Gasteiger partial charge in [0.15, 0.2) is 5.96 Å². The van der Waals surface area contributed by atoms with Crippen molar-refractivity contribution >= 4 is 22.9 Å². The maximum absolute atomic E-state index is 13.1. The Balaban J connectivity index is 0.00000261. The first-order valence-corrected chi connectivity index (χ1v) is 8.60. The van der Waals surface area contributed by atoms with E-state index < -0.39 is 0 Å². The average Bonchev–Trinajstić information content (AvgIpc) is 3.40. The lowest BCUT2D eigenvalue weighted by Gasteiger charge is -2.16. The topological polar surface area (TPSA) is 79.9 Å². The molecule has 0 amide bonds. The Morgan fingerprint density at radius 2 is 2.00 bits per heavy atom. The zero-order valence-electron chi connectivity index (χ0n) is 15.2. The van der Waals surface area contributed by atoms with Gasteiger partial charge in [-0.2, -0.15) is 0 Å². The summed E-state index contributed by atoms with van der Waals surface area (Å²) in [5.74, 6) is 1.04. The summed E-state index contributed by atoms with van der Waals surface area (Å²) in [6.07, 6.45) is 0.835. The Morgan fingerprint density at radius 1 is 1.30 bits per heavy atom. The standard InChI is InChI=1S/C20H24FN3O2.BrH/c1-26-18-5-3-2-4-15(18)11-23-19(22)24-12-20(13-25)10-17(20)14-6-8-16(21)9-7-14;/h2-9,17,25H,10-13H2,1H3,(H3,22,23,24);1H. The number of methoxy groups -OCH3 is 1. The smallest absolute Gasteiger partial charge is 0.188 e. The maximum Gasteiger partial charge on any atom is 0.188 e. The van der Waals surface area contributed by atoms with Gasteiger partial charge >= 0.3 is 0 Å². The predicted molar refractivity (Wildman–Crippen MR) is 110 cm³/mol. The summed E-state index contributed by atoms with van der Waals surface area (Å²) in [6.45, 7) is 0.977. The molecule has 2 atom stereocenters. The predicted octanol–water partition coefficient (Wildman–Crippen LogP) is 2.98. The van der Waals surface area contributed by atoms with E-state index >= 15 is 0 Å². The summed E-state index contributed by atoms with van der Waals surface area (Å²) in [5.41, 5.74) is 7.68. The third kappa shape index (κ3) is 4.99. The fraction of sp³-hybridized carbons (Fsp3) is 0.350. The molecule has 0 heterocycles. The maximum atomic E-state index is 13.1. The van der Waals surface area contributed by atoms with Crippen molar-refractivity contribution in [2.45, 2.75) is 18.9 Å². The van der Waals surface area contributed by atoms with Crippen LogP contribution >= 0.6 is 17.0 Å². The number of guanidine groups is 1. The summed E-state index contributed by atoms with van der Waals surface area (Å²) < 4.78 is 18.4. The van der Waals surface area contributed by atoms with Gasteiger partial charge in [0.05, 0.1) is 20.3 Å². The van der Waals surface area contributed by atoms with E-state index in [1.165, 1.54) is 12.1 Å². The molecule has 1 fully saturated rings. The molecule has 0 bridgehead atoms. The number of aliphatic imine (C=N–C) groups is 1. The van der Waals surface area contributed by atoms with E-state index in [4.69, 9.17) is 10.5 Å². The zero-order valence-corrected chi connectivity index (χ0v) is 16.9. The molecule has 1 aliphatic rings. The third-order valence-electron chi connectivity index (χ3n) is 5.01. The molecule has 27 heavy (non-hydrogen) atoms. The van der Waals surface area contributed by atoms with E-state index in [9.17, 15) is 9.50 Å². The number of aliphatic hydroxyl groups excluding tert-OH is 1. The summed E-state index contributed by atoms with van der Waals surface area (Å²) in [6, 6.07) is 14.1. The largest absolute Gasteiger partial charge is 0.496 e. The van der Waals surface area contributed by atoms with Gasteiger partial charge in [-0.05, 0) is 36.1 Å². The molecule has 0 spiro atoms. The molecular weight excluding hydrogens is 413 g/mol. The van der Waals surface area contributed by atoms with Crippen LogP contribution in [-0.4, -0.2) is 31.3 Å². The summed E-state index contributed by atoms with van der Waals surface area (Å²) in [7, 11) is 1.62. The van der Waals surface area contributed by atoms with Gasteiger partial charge in [0, 0.05) is 17.5 Å². The first-order chi connectivity index (χ1) is 12.6. The summed E-state index contributed by atoms with van der Waals surface area (Å²) in [4.78, 5) is 4.35. The number of nitrogens with two attached hydrogens (primary N) is 1. The molecule has 0 radical (unpaired) electrons. The van der Waals surface area contributed by atoms with Crippen molar-refractivity contribution in [3.8, 4) is 5.75 Å². The second-order valence-electron chi connectivity index (χ2n) is 6.70. The van der Waals surface area contributed by atoms with Crippen LogP contribution < -0.4 is 15.8 Å². The lowest BCUT2D eigenvalue weighted by Crippen LogP contribution is -2.37. The van der Waals surface area contributed by atoms with Crippen molar-refractivity contribution in [3.05, 3.63) is 65.5 Å². The van der Waals surface area contributed by atoms with Crippen molar-refractivity contribution in [1.29, 1.82) is 0 Å². The molecule has 1 saturated carbocycles. The third-order valence-corrected chi connectivity index (χ3v) is 5.01. The van der Waals surface area contributed by atoms with E-state index in [0.717, 1.165) is 23.3 Å². The van der Waals surface area contributed by atoms with Gasteiger partial charge in [0.2, 0.25) is 0 Å². The van der Waals surface area contributed by atoms with Crippen molar-refractivity contribution < 1.29 is 14.2 Å². The highest BCUT2D eigenvalue weighted by Crippen LogP contribution is 2.58. The summed E-state index contributed by atoms with van der Waals surface area (Å²) >= 11 is 0. The molecule has 5 nitrogen and oxygen atoms in total. The number of ether oxygens (including phenoxy) is 1. The highest BCUT2D eigenvalue weighted by Gasteiger charge is 2.54.